The number of allylic oxidation sites excluding steroid dienone is 1. The summed E-state index contributed by atoms with van der Waals surface area (Å²) >= 11 is 0. The first-order chi connectivity index (χ1) is 6.27. The van der Waals surface area contributed by atoms with E-state index in [0.29, 0.717) is 19.5 Å². The van der Waals surface area contributed by atoms with Gasteiger partial charge in [-0.1, -0.05) is 12.2 Å². The number of carbonyl (C=O) groups is 1. The predicted molar refractivity (Wildman–Crippen MR) is 49.7 cm³/mol. The Hall–Kier alpha value is -1.56. The minimum atomic E-state index is 0.0238. The van der Waals surface area contributed by atoms with Crippen molar-refractivity contribution in [2.24, 2.45) is 0 Å². The van der Waals surface area contributed by atoms with E-state index in [0.717, 1.165) is 5.57 Å². The first-order valence-corrected chi connectivity index (χ1v) is 4.28. The molecule has 1 rings (SSSR count). The Morgan fingerprint density at radius 3 is 3.00 bits per heavy atom. The first-order valence-electron chi connectivity index (χ1n) is 4.28. The average Bonchev–Trinajstić information content (AvgIpc) is 2.18. The van der Waals surface area contributed by atoms with Crippen LogP contribution in [0.3, 0.4) is 0 Å². The molecule has 0 spiro atoms. The summed E-state index contributed by atoms with van der Waals surface area (Å²) in [7, 11) is 0. The van der Waals surface area contributed by atoms with Crippen LogP contribution in [0, 0.1) is 11.3 Å². The van der Waals surface area contributed by atoms with Crippen LogP contribution in [0.15, 0.2) is 23.8 Å². The van der Waals surface area contributed by atoms with Gasteiger partial charge in [0.05, 0.1) is 6.07 Å². The van der Waals surface area contributed by atoms with E-state index in [1.165, 1.54) is 0 Å². The lowest BCUT2D eigenvalue weighted by Gasteiger charge is -2.23. The molecular weight excluding hydrogens is 164 g/mol. The normalized spacial score (nSPS) is 16.9. The number of amides is 1. The van der Waals surface area contributed by atoms with Crippen molar-refractivity contribution in [3.05, 3.63) is 23.8 Å². The molecule has 0 N–H and O–H groups in total. The van der Waals surface area contributed by atoms with Crippen molar-refractivity contribution in [1.29, 1.82) is 5.26 Å². The molecule has 0 saturated heterocycles. The standard InChI is InChI=1S/C10H12N2O/c1-2-3-10(13)12-6-4-9(8-11)5-7-12/h2-4H,5-7H2,1H3/b3-2+. The molecule has 3 nitrogen and oxygen atoms in total. The summed E-state index contributed by atoms with van der Waals surface area (Å²) < 4.78 is 0. The molecule has 0 saturated carbocycles. The summed E-state index contributed by atoms with van der Waals surface area (Å²) in [5.74, 6) is 0.0238. The number of carbonyl (C=O) groups excluding carboxylic acids is 1. The van der Waals surface area contributed by atoms with E-state index in [9.17, 15) is 4.79 Å². The Labute approximate surface area is 78.0 Å². The van der Waals surface area contributed by atoms with Gasteiger partial charge in [0.1, 0.15) is 0 Å². The third-order valence-corrected chi connectivity index (χ3v) is 1.97. The molecule has 0 fully saturated rings. The maximum atomic E-state index is 11.3. The molecular formula is C10H12N2O. The van der Waals surface area contributed by atoms with E-state index in [2.05, 4.69) is 6.07 Å². The molecule has 0 bridgehead atoms. The number of hydrogen-bond donors (Lipinski definition) is 0. The molecule has 68 valence electrons. The lowest BCUT2D eigenvalue weighted by Crippen LogP contribution is -2.33. The molecule has 0 unspecified atom stereocenters. The quantitative estimate of drug-likeness (QED) is 0.564. The van der Waals surface area contributed by atoms with E-state index in [1.807, 2.05) is 13.0 Å². The lowest BCUT2D eigenvalue weighted by atomic mass is 10.1. The smallest absolute Gasteiger partial charge is 0.246 e. The highest BCUT2D eigenvalue weighted by atomic mass is 16.2. The van der Waals surface area contributed by atoms with Gasteiger partial charge >= 0.3 is 0 Å². The third kappa shape index (κ3) is 2.45. The van der Waals surface area contributed by atoms with E-state index in [4.69, 9.17) is 5.26 Å². The van der Waals surface area contributed by atoms with E-state index >= 15 is 0 Å². The topological polar surface area (TPSA) is 44.1 Å². The van der Waals surface area contributed by atoms with Gasteiger partial charge in [0.25, 0.3) is 0 Å². The van der Waals surface area contributed by atoms with Crippen molar-refractivity contribution in [1.82, 2.24) is 4.90 Å². The van der Waals surface area contributed by atoms with Crippen LogP contribution in [-0.2, 0) is 4.79 Å². The van der Waals surface area contributed by atoms with Crippen LogP contribution in [0.2, 0.25) is 0 Å². The Morgan fingerprint density at radius 1 is 1.77 bits per heavy atom. The molecule has 0 aliphatic carbocycles. The Kier molecular flexibility index (Phi) is 3.27. The number of nitriles is 1. The van der Waals surface area contributed by atoms with Gasteiger partial charge in [-0.05, 0) is 19.4 Å². The number of hydrogen-bond acceptors (Lipinski definition) is 2. The predicted octanol–water partition coefficient (Wildman–Crippen LogP) is 1.24. The molecule has 1 aliphatic rings. The molecule has 0 atom stereocenters. The number of rotatable bonds is 1. The number of nitrogens with zero attached hydrogens (tertiary/aromatic N) is 2. The van der Waals surface area contributed by atoms with Gasteiger partial charge in [-0.2, -0.15) is 5.26 Å². The van der Waals surface area contributed by atoms with Crippen LogP contribution in [0.25, 0.3) is 0 Å². The Bertz CT molecular complexity index is 297. The van der Waals surface area contributed by atoms with Crippen LogP contribution < -0.4 is 0 Å². The van der Waals surface area contributed by atoms with Crippen LogP contribution >= 0.6 is 0 Å². The summed E-state index contributed by atoms with van der Waals surface area (Å²) in [6.45, 7) is 3.03. The molecule has 1 amide bonds. The second-order valence-corrected chi connectivity index (χ2v) is 2.88. The fraction of sp³-hybridized carbons (Fsp3) is 0.400. The van der Waals surface area contributed by atoms with Gasteiger partial charge in [-0.25, -0.2) is 0 Å². The van der Waals surface area contributed by atoms with Crippen LogP contribution in [0.4, 0.5) is 0 Å². The van der Waals surface area contributed by atoms with Crippen molar-refractivity contribution in [3.63, 3.8) is 0 Å². The monoisotopic (exact) mass is 176 g/mol. The summed E-state index contributed by atoms with van der Waals surface area (Å²) in [5, 5.41) is 8.58. The molecule has 1 aliphatic heterocycles. The minimum Gasteiger partial charge on any atom is -0.335 e. The lowest BCUT2D eigenvalue weighted by molar-refractivity contribution is -0.125. The highest BCUT2D eigenvalue weighted by Gasteiger charge is 2.14. The second-order valence-electron chi connectivity index (χ2n) is 2.88. The molecule has 1 heterocycles. The van der Waals surface area contributed by atoms with E-state index in [-0.39, 0.29) is 5.91 Å². The van der Waals surface area contributed by atoms with E-state index in [1.54, 1.807) is 17.1 Å². The van der Waals surface area contributed by atoms with Gasteiger partial charge in [0.15, 0.2) is 0 Å². The van der Waals surface area contributed by atoms with Crippen LogP contribution in [0.5, 0.6) is 0 Å². The van der Waals surface area contributed by atoms with Gasteiger partial charge in [0.2, 0.25) is 5.91 Å². The zero-order chi connectivity index (χ0) is 9.68. The first kappa shape index (κ1) is 9.53. The SMILES string of the molecule is C/C=C/C(=O)N1CC=C(C#N)CC1. The fourth-order valence-corrected chi connectivity index (χ4v) is 1.22. The van der Waals surface area contributed by atoms with Gasteiger partial charge in [-0.15, -0.1) is 0 Å². The van der Waals surface area contributed by atoms with Crippen molar-refractivity contribution < 1.29 is 4.79 Å². The van der Waals surface area contributed by atoms with Crippen molar-refractivity contribution in [2.75, 3.05) is 13.1 Å². The molecule has 0 aromatic rings. The molecule has 0 radical (unpaired) electrons. The summed E-state index contributed by atoms with van der Waals surface area (Å²) in [4.78, 5) is 13.0. The second kappa shape index (κ2) is 4.46. The highest BCUT2D eigenvalue weighted by molar-refractivity contribution is 5.87. The average molecular weight is 176 g/mol. The van der Waals surface area contributed by atoms with Crippen molar-refractivity contribution in [2.45, 2.75) is 13.3 Å². The molecule has 0 aromatic carbocycles. The van der Waals surface area contributed by atoms with Crippen molar-refractivity contribution in [3.8, 4) is 6.07 Å². The maximum Gasteiger partial charge on any atom is 0.246 e. The molecule has 3 heteroatoms. The van der Waals surface area contributed by atoms with Gasteiger partial charge in [0, 0.05) is 18.7 Å². The van der Waals surface area contributed by atoms with Crippen molar-refractivity contribution >= 4 is 5.91 Å². The third-order valence-electron chi connectivity index (χ3n) is 1.97. The Balaban J connectivity index is 2.56. The fourth-order valence-electron chi connectivity index (χ4n) is 1.22. The van der Waals surface area contributed by atoms with E-state index < -0.39 is 0 Å². The zero-order valence-corrected chi connectivity index (χ0v) is 7.66. The zero-order valence-electron chi connectivity index (χ0n) is 7.66. The van der Waals surface area contributed by atoms with Gasteiger partial charge < -0.3 is 4.90 Å². The summed E-state index contributed by atoms with van der Waals surface area (Å²) in [5.41, 5.74) is 0.782. The van der Waals surface area contributed by atoms with Gasteiger partial charge in [-0.3, -0.25) is 4.79 Å². The minimum absolute atomic E-state index is 0.0238. The summed E-state index contributed by atoms with van der Waals surface area (Å²) in [6.07, 6.45) is 5.77. The van der Waals surface area contributed by atoms with Crippen LogP contribution in [-0.4, -0.2) is 23.9 Å². The largest absolute Gasteiger partial charge is 0.335 e. The molecule has 0 aromatic heterocycles. The molecule has 13 heavy (non-hydrogen) atoms. The summed E-state index contributed by atoms with van der Waals surface area (Å²) in [6, 6.07) is 2.10. The Morgan fingerprint density at radius 2 is 2.54 bits per heavy atom. The highest BCUT2D eigenvalue weighted by Crippen LogP contribution is 2.09. The van der Waals surface area contributed by atoms with Crippen LogP contribution in [0.1, 0.15) is 13.3 Å². The maximum absolute atomic E-state index is 11.3.